The van der Waals surface area contributed by atoms with Crippen LogP contribution in [-0.4, -0.2) is 14.8 Å². The maximum atomic E-state index is 10.5. The van der Waals surface area contributed by atoms with Gasteiger partial charge in [0.05, 0.1) is 48.8 Å². The lowest BCUT2D eigenvalue weighted by atomic mass is 10.1. The number of aromatic hydroxyl groups is 2. The molecular formula is C39H37N8O2+3. The number of phenolic OH excluding ortho intramolecular Hbond substituents is 2. The summed E-state index contributed by atoms with van der Waals surface area (Å²) >= 11 is 0. The van der Waals surface area contributed by atoms with Gasteiger partial charge in [0.2, 0.25) is 6.33 Å². The van der Waals surface area contributed by atoms with E-state index in [1.807, 2.05) is 109 Å². The second kappa shape index (κ2) is 14.6. The number of hydrogen-bond acceptors (Lipinski definition) is 6. The predicted molar refractivity (Wildman–Crippen MR) is 187 cm³/mol. The molecule has 0 amide bonds. The lowest BCUT2D eigenvalue weighted by Crippen LogP contribution is -2.38. The molecule has 7 aromatic rings. The maximum Gasteiger partial charge on any atom is 0.350 e. The van der Waals surface area contributed by atoms with Crippen molar-refractivity contribution in [1.29, 1.82) is 0 Å². The number of hydrogen-bond donors (Lipinski definition) is 2. The average Bonchev–Trinajstić information content (AvgIpc) is 3.59. The first kappa shape index (κ1) is 31.3. The van der Waals surface area contributed by atoms with Crippen LogP contribution in [0.3, 0.4) is 0 Å². The SMILES string of the molecule is Oc1ccc2ccccc2c1/N=N/c1cccc[n+]1CCCn1cc[n+](CCC[n+]2ccccc2/N=N/c2c(O)ccc3ccccc23)c1. The second-order valence-corrected chi connectivity index (χ2v) is 11.8. The molecule has 2 N–H and O–H groups in total. The summed E-state index contributed by atoms with van der Waals surface area (Å²) in [7, 11) is 0. The van der Waals surface area contributed by atoms with Gasteiger partial charge in [0.1, 0.15) is 23.9 Å². The second-order valence-electron chi connectivity index (χ2n) is 11.8. The Morgan fingerprint density at radius 3 is 1.63 bits per heavy atom. The summed E-state index contributed by atoms with van der Waals surface area (Å²) in [5, 5.41) is 42.6. The summed E-state index contributed by atoms with van der Waals surface area (Å²) in [6.07, 6.45) is 12.2. The number of nitrogens with zero attached hydrogens (tertiary/aromatic N) is 8. The summed E-state index contributed by atoms with van der Waals surface area (Å²) in [4.78, 5) is 0. The van der Waals surface area contributed by atoms with Gasteiger partial charge in [-0.3, -0.25) is 0 Å². The van der Waals surface area contributed by atoms with Crippen molar-refractivity contribution in [3.8, 4) is 11.5 Å². The number of phenols is 2. The van der Waals surface area contributed by atoms with Gasteiger partial charge in [-0.25, -0.2) is 18.3 Å². The molecule has 0 spiro atoms. The van der Waals surface area contributed by atoms with Crippen molar-refractivity contribution in [3.63, 3.8) is 0 Å². The van der Waals surface area contributed by atoms with E-state index in [0.29, 0.717) is 11.4 Å². The van der Waals surface area contributed by atoms with E-state index in [4.69, 9.17) is 0 Å². The molecule has 10 nitrogen and oxygen atoms in total. The summed E-state index contributed by atoms with van der Waals surface area (Å²) < 4.78 is 8.56. The minimum absolute atomic E-state index is 0.109. The summed E-state index contributed by atoms with van der Waals surface area (Å²) in [6.45, 7) is 3.25. The monoisotopic (exact) mass is 649 g/mol. The Hall–Kier alpha value is -6.29. The van der Waals surface area contributed by atoms with Crippen LogP contribution in [-0.2, 0) is 26.2 Å². The van der Waals surface area contributed by atoms with Crippen molar-refractivity contribution in [2.45, 2.75) is 39.0 Å². The summed E-state index contributed by atoms with van der Waals surface area (Å²) in [6, 6.07) is 34.5. The molecule has 242 valence electrons. The number of benzene rings is 4. The Bertz CT molecular complexity index is 2140. The van der Waals surface area contributed by atoms with E-state index >= 15 is 0 Å². The third-order valence-electron chi connectivity index (χ3n) is 8.47. The molecule has 10 heteroatoms. The van der Waals surface area contributed by atoms with Crippen LogP contribution in [0.1, 0.15) is 12.8 Å². The van der Waals surface area contributed by atoms with Crippen LogP contribution in [0.15, 0.2) is 161 Å². The topological polar surface area (TPSA) is 106 Å². The fourth-order valence-corrected chi connectivity index (χ4v) is 5.94. The lowest BCUT2D eigenvalue weighted by molar-refractivity contribution is -0.721. The first-order chi connectivity index (χ1) is 24.1. The van der Waals surface area contributed by atoms with E-state index < -0.39 is 0 Å². The third kappa shape index (κ3) is 7.33. The van der Waals surface area contributed by atoms with Crippen molar-refractivity contribution in [3.05, 3.63) is 140 Å². The van der Waals surface area contributed by atoms with Crippen molar-refractivity contribution in [2.75, 3.05) is 0 Å². The van der Waals surface area contributed by atoms with Gasteiger partial charge in [0.25, 0.3) is 0 Å². The Labute approximate surface area is 283 Å². The highest BCUT2D eigenvalue weighted by molar-refractivity contribution is 5.96. The average molecular weight is 650 g/mol. The number of aromatic nitrogens is 4. The van der Waals surface area contributed by atoms with Crippen LogP contribution in [0.4, 0.5) is 23.0 Å². The molecule has 0 aliphatic heterocycles. The van der Waals surface area contributed by atoms with E-state index in [2.05, 4.69) is 57.4 Å². The minimum atomic E-state index is 0.109. The fourth-order valence-electron chi connectivity index (χ4n) is 5.94. The number of azo groups is 2. The molecule has 3 heterocycles. The van der Waals surface area contributed by atoms with E-state index in [9.17, 15) is 10.2 Å². The van der Waals surface area contributed by atoms with Crippen LogP contribution >= 0.6 is 0 Å². The van der Waals surface area contributed by atoms with E-state index in [0.717, 1.165) is 72.2 Å². The van der Waals surface area contributed by atoms with Crippen LogP contribution in [0.5, 0.6) is 11.5 Å². The Morgan fingerprint density at radius 2 is 1.04 bits per heavy atom. The van der Waals surface area contributed by atoms with Crippen LogP contribution in [0.2, 0.25) is 0 Å². The molecule has 0 saturated heterocycles. The van der Waals surface area contributed by atoms with Crippen molar-refractivity contribution in [2.24, 2.45) is 20.5 Å². The van der Waals surface area contributed by atoms with Crippen LogP contribution < -0.4 is 13.7 Å². The number of aryl methyl sites for hydroxylation is 4. The molecular weight excluding hydrogens is 612 g/mol. The van der Waals surface area contributed by atoms with E-state index in [-0.39, 0.29) is 11.5 Å². The summed E-state index contributed by atoms with van der Waals surface area (Å²) in [5.74, 6) is 1.67. The van der Waals surface area contributed by atoms with Crippen molar-refractivity contribution < 1.29 is 23.9 Å². The number of pyridine rings is 2. The van der Waals surface area contributed by atoms with E-state index in [1.165, 1.54) is 0 Å². The zero-order chi connectivity index (χ0) is 33.4. The van der Waals surface area contributed by atoms with Gasteiger partial charge in [-0.05, 0) is 45.3 Å². The highest BCUT2D eigenvalue weighted by Gasteiger charge is 2.15. The molecule has 0 aliphatic carbocycles. The number of rotatable bonds is 12. The molecule has 0 bridgehead atoms. The molecule has 0 radical (unpaired) electrons. The maximum absolute atomic E-state index is 10.5. The van der Waals surface area contributed by atoms with Crippen LogP contribution in [0.25, 0.3) is 21.5 Å². The van der Waals surface area contributed by atoms with Gasteiger partial charge in [0, 0.05) is 35.7 Å². The molecule has 49 heavy (non-hydrogen) atoms. The molecule has 0 saturated carbocycles. The zero-order valence-corrected chi connectivity index (χ0v) is 27.0. The smallest absolute Gasteiger partial charge is 0.350 e. The third-order valence-corrected chi connectivity index (χ3v) is 8.47. The fraction of sp³-hybridized carbons (Fsp3) is 0.154. The van der Waals surface area contributed by atoms with Gasteiger partial charge in [0.15, 0.2) is 11.4 Å². The van der Waals surface area contributed by atoms with Crippen LogP contribution in [0, 0.1) is 0 Å². The predicted octanol–water partition coefficient (Wildman–Crippen LogP) is 8.08. The Morgan fingerprint density at radius 1 is 0.510 bits per heavy atom. The van der Waals surface area contributed by atoms with Gasteiger partial charge < -0.3 is 10.2 Å². The number of imidazole rings is 1. The van der Waals surface area contributed by atoms with Gasteiger partial charge in [-0.1, -0.05) is 72.8 Å². The Kier molecular flexibility index (Phi) is 9.36. The molecule has 0 fully saturated rings. The molecule has 3 aromatic heterocycles. The normalized spacial score (nSPS) is 11.8. The van der Waals surface area contributed by atoms with Gasteiger partial charge in [-0.15, -0.1) is 0 Å². The molecule has 0 atom stereocenters. The first-order valence-corrected chi connectivity index (χ1v) is 16.4. The molecule has 7 rings (SSSR count). The van der Waals surface area contributed by atoms with Crippen molar-refractivity contribution in [1.82, 2.24) is 4.57 Å². The highest BCUT2D eigenvalue weighted by Crippen LogP contribution is 2.36. The van der Waals surface area contributed by atoms with Gasteiger partial charge >= 0.3 is 11.6 Å². The lowest BCUT2D eigenvalue weighted by Gasteiger charge is -2.03. The van der Waals surface area contributed by atoms with Crippen molar-refractivity contribution >= 4 is 44.6 Å². The quantitative estimate of drug-likeness (QED) is 0.103. The minimum Gasteiger partial charge on any atom is -0.506 e. The van der Waals surface area contributed by atoms with E-state index in [1.54, 1.807) is 12.1 Å². The molecule has 0 aliphatic rings. The molecule has 0 unspecified atom stereocenters. The van der Waals surface area contributed by atoms with Gasteiger partial charge in [-0.2, -0.15) is 0 Å². The zero-order valence-electron chi connectivity index (χ0n) is 27.0. The first-order valence-electron chi connectivity index (χ1n) is 16.4. The number of fused-ring (bicyclic) bond motifs is 2. The largest absolute Gasteiger partial charge is 0.506 e. The summed E-state index contributed by atoms with van der Waals surface area (Å²) in [5.41, 5.74) is 0.941. The highest BCUT2D eigenvalue weighted by atomic mass is 16.3. The Balaban J connectivity index is 0.941. The standard InChI is InChI=1S/C39H35N8O2/c48-34-19-17-30-11-1-3-13-32(30)38(34)42-40-36-15-5-7-23-46(36)25-9-21-44-27-28-45(29-44)22-10-26-47-24-8-6-16-37(47)41-43-39-33-14-4-2-12-31(33)18-20-35(39)49/h1-8,11-20,23-24,27-29H,9-10,21-22,25-26H2/q+1/p+2. The molecule has 4 aromatic carbocycles.